The molecule has 2 aliphatic rings. The quantitative estimate of drug-likeness (QED) is 0.472. The highest BCUT2D eigenvalue weighted by Gasteiger charge is 2.58. The number of fused-ring (bicyclic) bond motifs is 1. The standard InChI is InChI=1S/C28H34F2N2O5/c1-27(2,25(33)36-16-21-9-11-22(35-3)12-10-21)18-31-14-13-24-23(15-31)28(29,30)19-32(24)26(34)37-17-20-7-5-4-6-8-20/h4-12,23-24H,13-19H2,1-3H3/t23-,24+/m0/s1. The second kappa shape index (κ2) is 11.0. The number of halogens is 2. The van der Waals surface area contributed by atoms with Gasteiger partial charge in [-0.3, -0.25) is 9.69 Å². The van der Waals surface area contributed by atoms with Crippen molar-refractivity contribution in [1.29, 1.82) is 0 Å². The number of piperidine rings is 1. The van der Waals surface area contributed by atoms with Crippen molar-refractivity contribution >= 4 is 12.1 Å². The molecule has 0 spiro atoms. The molecule has 7 nitrogen and oxygen atoms in total. The van der Waals surface area contributed by atoms with Gasteiger partial charge in [0.05, 0.1) is 25.0 Å². The second-order valence-corrected chi connectivity index (χ2v) is 10.4. The Morgan fingerprint density at radius 2 is 1.65 bits per heavy atom. The van der Waals surface area contributed by atoms with Gasteiger partial charge in [0.15, 0.2) is 0 Å². The maximum atomic E-state index is 15.0. The Morgan fingerprint density at radius 1 is 1.00 bits per heavy atom. The molecule has 2 heterocycles. The van der Waals surface area contributed by atoms with E-state index in [0.29, 0.717) is 18.7 Å². The van der Waals surface area contributed by atoms with Gasteiger partial charge in [0.2, 0.25) is 0 Å². The predicted octanol–water partition coefficient (Wildman–Crippen LogP) is 4.74. The Morgan fingerprint density at radius 3 is 2.32 bits per heavy atom. The number of nitrogens with zero attached hydrogens (tertiary/aromatic N) is 2. The van der Waals surface area contributed by atoms with Crippen LogP contribution in [0.15, 0.2) is 54.6 Å². The molecule has 0 saturated carbocycles. The zero-order valence-electron chi connectivity index (χ0n) is 21.5. The summed E-state index contributed by atoms with van der Waals surface area (Å²) in [5.74, 6) is -3.73. The largest absolute Gasteiger partial charge is 0.497 e. The molecule has 0 aromatic heterocycles. The smallest absolute Gasteiger partial charge is 0.410 e. The number of carbonyl (C=O) groups is 2. The van der Waals surface area contributed by atoms with E-state index in [2.05, 4.69) is 0 Å². The molecule has 200 valence electrons. The number of hydrogen-bond donors (Lipinski definition) is 0. The first-order chi connectivity index (χ1) is 17.6. The van der Waals surface area contributed by atoms with Crippen molar-refractivity contribution in [2.24, 2.45) is 11.3 Å². The average Bonchev–Trinajstić information content (AvgIpc) is 3.16. The lowest BCUT2D eigenvalue weighted by atomic mass is 9.87. The number of hydrogen-bond acceptors (Lipinski definition) is 6. The van der Waals surface area contributed by atoms with Crippen LogP contribution in [0.4, 0.5) is 13.6 Å². The van der Waals surface area contributed by atoms with E-state index in [9.17, 15) is 9.59 Å². The van der Waals surface area contributed by atoms with E-state index < -0.39 is 41.9 Å². The molecule has 0 bridgehead atoms. The third-order valence-corrected chi connectivity index (χ3v) is 7.12. The Kier molecular flexibility index (Phi) is 8.02. The van der Waals surface area contributed by atoms with Gasteiger partial charge < -0.3 is 19.1 Å². The van der Waals surface area contributed by atoms with E-state index in [1.54, 1.807) is 33.1 Å². The lowest BCUT2D eigenvalue weighted by molar-refractivity contribution is -0.157. The van der Waals surface area contributed by atoms with Crippen LogP contribution < -0.4 is 4.74 Å². The Hall–Kier alpha value is -3.20. The second-order valence-electron chi connectivity index (χ2n) is 10.4. The number of methoxy groups -OCH3 is 1. The summed E-state index contributed by atoms with van der Waals surface area (Å²) in [5.41, 5.74) is 0.742. The summed E-state index contributed by atoms with van der Waals surface area (Å²) in [6.45, 7) is 3.89. The Balaban J connectivity index is 1.31. The van der Waals surface area contributed by atoms with Crippen molar-refractivity contribution in [1.82, 2.24) is 9.80 Å². The van der Waals surface area contributed by atoms with Crippen LogP contribution >= 0.6 is 0 Å². The maximum absolute atomic E-state index is 15.0. The molecular formula is C28H34F2N2O5. The van der Waals surface area contributed by atoms with E-state index in [1.165, 1.54) is 4.90 Å². The fourth-order valence-electron chi connectivity index (χ4n) is 5.09. The number of ether oxygens (including phenoxy) is 3. The third kappa shape index (κ3) is 6.39. The van der Waals surface area contributed by atoms with Crippen molar-refractivity contribution in [3.05, 3.63) is 65.7 Å². The molecule has 2 saturated heterocycles. The van der Waals surface area contributed by atoms with Crippen molar-refractivity contribution < 1.29 is 32.6 Å². The van der Waals surface area contributed by atoms with Gasteiger partial charge in [-0.2, -0.15) is 0 Å². The molecule has 2 fully saturated rings. The SMILES string of the molecule is COc1ccc(COC(=O)C(C)(C)CN2CC[C@@H]3[C@H](C2)C(F)(F)CN3C(=O)OCc2ccccc2)cc1. The average molecular weight is 517 g/mol. The van der Waals surface area contributed by atoms with Gasteiger partial charge in [0, 0.05) is 25.7 Å². The number of amides is 1. The van der Waals surface area contributed by atoms with Gasteiger partial charge in [0.1, 0.15) is 19.0 Å². The van der Waals surface area contributed by atoms with Crippen LogP contribution in [0, 0.1) is 11.3 Å². The summed E-state index contributed by atoms with van der Waals surface area (Å²) in [6.07, 6.45) is -0.329. The first-order valence-corrected chi connectivity index (χ1v) is 12.5. The summed E-state index contributed by atoms with van der Waals surface area (Å²) in [4.78, 5) is 28.6. The molecule has 1 amide bonds. The Bertz CT molecular complexity index is 1080. The fraction of sp³-hybridized carbons (Fsp3) is 0.500. The van der Waals surface area contributed by atoms with Crippen LogP contribution in [0.1, 0.15) is 31.4 Å². The van der Waals surface area contributed by atoms with E-state index in [1.807, 2.05) is 47.4 Å². The molecule has 37 heavy (non-hydrogen) atoms. The van der Waals surface area contributed by atoms with Crippen LogP contribution in [0.2, 0.25) is 0 Å². The Labute approximate surface area is 216 Å². The van der Waals surface area contributed by atoms with Crippen molar-refractivity contribution in [3.8, 4) is 5.75 Å². The molecule has 0 radical (unpaired) electrons. The van der Waals surface area contributed by atoms with Gasteiger partial charge in [-0.25, -0.2) is 13.6 Å². The number of carbonyl (C=O) groups excluding carboxylic acids is 2. The van der Waals surface area contributed by atoms with Gasteiger partial charge in [0.25, 0.3) is 5.92 Å². The van der Waals surface area contributed by atoms with E-state index >= 15 is 8.78 Å². The maximum Gasteiger partial charge on any atom is 0.410 e. The van der Waals surface area contributed by atoms with E-state index in [0.717, 1.165) is 11.1 Å². The monoisotopic (exact) mass is 516 g/mol. The third-order valence-electron chi connectivity index (χ3n) is 7.12. The molecule has 9 heteroatoms. The number of benzene rings is 2. The number of esters is 1. The molecular weight excluding hydrogens is 482 g/mol. The fourth-order valence-corrected chi connectivity index (χ4v) is 5.09. The van der Waals surface area contributed by atoms with Crippen LogP contribution in [0.5, 0.6) is 5.75 Å². The molecule has 2 aromatic carbocycles. The summed E-state index contributed by atoms with van der Waals surface area (Å²) in [7, 11) is 1.58. The highest BCUT2D eigenvalue weighted by Crippen LogP contribution is 2.43. The summed E-state index contributed by atoms with van der Waals surface area (Å²) >= 11 is 0. The molecule has 4 rings (SSSR count). The van der Waals surface area contributed by atoms with Crippen molar-refractivity contribution in [3.63, 3.8) is 0 Å². The predicted molar refractivity (Wildman–Crippen MR) is 133 cm³/mol. The lowest BCUT2D eigenvalue weighted by Gasteiger charge is -2.40. The first-order valence-electron chi connectivity index (χ1n) is 12.5. The van der Waals surface area contributed by atoms with Gasteiger partial charge in [-0.15, -0.1) is 0 Å². The minimum absolute atomic E-state index is 0.0398. The molecule has 0 unspecified atom stereocenters. The van der Waals surface area contributed by atoms with Crippen molar-refractivity contribution in [2.75, 3.05) is 33.3 Å². The van der Waals surface area contributed by atoms with Crippen LogP contribution in [0.3, 0.4) is 0 Å². The highest BCUT2D eigenvalue weighted by molar-refractivity contribution is 5.76. The van der Waals surface area contributed by atoms with Gasteiger partial charge >= 0.3 is 12.1 Å². The number of likely N-dealkylation sites (tertiary alicyclic amines) is 2. The number of alkyl halides is 2. The normalized spacial score (nSPS) is 21.3. The zero-order valence-corrected chi connectivity index (χ0v) is 21.5. The summed E-state index contributed by atoms with van der Waals surface area (Å²) in [6, 6.07) is 15.8. The summed E-state index contributed by atoms with van der Waals surface area (Å²) in [5, 5.41) is 0. The molecule has 2 aliphatic heterocycles. The van der Waals surface area contributed by atoms with Crippen LogP contribution in [-0.2, 0) is 27.5 Å². The van der Waals surface area contributed by atoms with Crippen LogP contribution in [-0.4, -0.2) is 67.1 Å². The van der Waals surface area contributed by atoms with E-state index in [4.69, 9.17) is 14.2 Å². The number of rotatable bonds is 8. The van der Waals surface area contributed by atoms with E-state index in [-0.39, 0.29) is 26.3 Å². The molecule has 2 aromatic rings. The first kappa shape index (κ1) is 26.9. The molecule has 0 aliphatic carbocycles. The minimum Gasteiger partial charge on any atom is -0.497 e. The van der Waals surface area contributed by atoms with Crippen molar-refractivity contribution in [2.45, 2.75) is 45.4 Å². The molecule has 2 atom stereocenters. The lowest BCUT2D eigenvalue weighted by Crippen LogP contribution is -2.52. The summed E-state index contributed by atoms with van der Waals surface area (Å²) < 4.78 is 46.0. The topological polar surface area (TPSA) is 68.3 Å². The highest BCUT2D eigenvalue weighted by atomic mass is 19.3. The van der Waals surface area contributed by atoms with Gasteiger partial charge in [-0.1, -0.05) is 42.5 Å². The molecule has 0 N–H and O–H groups in total. The minimum atomic E-state index is -3.03. The van der Waals surface area contributed by atoms with Gasteiger partial charge in [-0.05, 0) is 43.5 Å². The van der Waals surface area contributed by atoms with Crippen LogP contribution in [0.25, 0.3) is 0 Å². The zero-order chi connectivity index (χ0) is 26.6.